The number of carbonyl (C=O) groups excluding carboxylic acids is 2. The zero-order valence-electron chi connectivity index (χ0n) is 14.0. The SMILES string of the molecule is CCOC(=O)[C@@H](C)CS[C@H]1C2C(=O)O[C@@H]3CC[C@H](C[C@@H]1C)[C@]23O. The Balaban J connectivity index is 1.71. The summed E-state index contributed by atoms with van der Waals surface area (Å²) in [5.41, 5.74) is -0.992. The van der Waals surface area contributed by atoms with E-state index in [1.807, 2.05) is 6.92 Å². The van der Waals surface area contributed by atoms with E-state index in [1.165, 1.54) is 0 Å². The van der Waals surface area contributed by atoms with Gasteiger partial charge in [-0.25, -0.2) is 0 Å². The number of esters is 2. The Morgan fingerprint density at radius 1 is 1.52 bits per heavy atom. The van der Waals surface area contributed by atoms with Gasteiger partial charge in [0.2, 0.25) is 0 Å². The number of ether oxygens (including phenoxy) is 2. The molecule has 3 rings (SSSR count). The van der Waals surface area contributed by atoms with Crippen molar-refractivity contribution in [3.05, 3.63) is 0 Å². The van der Waals surface area contributed by atoms with E-state index >= 15 is 0 Å². The summed E-state index contributed by atoms with van der Waals surface area (Å²) in [6.07, 6.45) is 2.30. The molecule has 0 aromatic rings. The van der Waals surface area contributed by atoms with Crippen LogP contribution >= 0.6 is 11.8 Å². The molecule has 130 valence electrons. The van der Waals surface area contributed by atoms with Gasteiger partial charge in [0.15, 0.2) is 0 Å². The molecule has 1 aliphatic heterocycles. The average molecular weight is 342 g/mol. The fourth-order valence-corrected chi connectivity index (χ4v) is 6.18. The van der Waals surface area contributed by atoms with E-state index in [4.69, 9.17) is 9.47 Å². The second-order valence-electron chi connectivity index (χ2n) is 7.23. The number of thioether (sulfide) groups is 1. The maximum atomic E-state index is 12.4. The molecule has 5 nitrogen and oxygen atoms in total. The van der Waals surface area contributed by atoms with Crippen molar-refractivity contribution in [1.29, 1.82) is 0 Å². The Labute approximate surface area is 141 Å². The van der Waals surface area contributed by atoms with E-state index in [2.05, 4.69) is 6.92 Å². The lowest BCUT2D eigenvalue weighted by atomic mass is 9.66. The lowest BCUT2D eigenvalue weighted by Gasteiger charge is -2.44. The third-order valence-corrected chi connectivity index (χ3v) is 7.55. The van der Waals surface area contributed by atoms with Crippen LogP contribution in [0.1, 0.15) is 40.0 Å². The molecule has 0 aromatic carbocycles. The van der Waals surface area contributed by atoms with Crippen molar-refractivity contribution < 1.29 is 24.2 Å². The van der Waals surface area contributed by atoms with Crippen molar-refractivity contribution in [2.24, 2.45) is 23.7 Å². The minimum Gasteiger partial charge on any atom is -0.466 e. The van der Waals surface area contributed by atoms with Crippen LogP contribution < -0.4 is 0 Å². The van der Waals surface area contributed by atoms with Crippen LogP contribution in [0, 0.1) is 23.7 Å². The van der Waals surface area contributed by atoms with Crippen molar-refractivity contribution in [1.82, 2.24) is 0 Å². The number of carbonyl (C=O) groups is 2. The fourth-order valence-electron chi connectivity index (χ4n) is 4.57. The maximum Gasteiger partial charge on any atom is 0.313 e. The molecule has 23 heavy (non-hydrogen) atoms. The number of rotatable bonds is 5. The van der Waals surface area contributed by atoms with E-state index in [9.17, 15) is 14.7 Å². The Kier molecular flexibility index (Phi) is 4.67. The van der Waals surface area contributed by atoms with Crippen molar-refractivity contribution in [3.8, 4) is 0 Å². The summed E-state index contributed by atoms with van der Waals surface area (Å²) in [6, 6.07) is 0. The molecule has 1 heterocycles. The summed E-state index contributed by atoms with van der Waals surface area (Å²) in [5.74, 6) is -0.0297. The molecular weight excluding hydrogens is 316 g/mol. The van der Waals surface area contributed by atoms with Gasteiger partial charge in [0.1, 0.15) is 17.6 Å². The molecule has 0 aromatic heterocycles. The van der Waals surface area contributed by atoms with E-state index in [0.29, 0.717) is 18.3 Å². The Hall–Kier alpha value is -0.750. The lowest BCUT2D eigenvalue weighted by Crippen LogP contribution is -2.55. The zero-order chi connectivity index (χ0) is 16.8. The van der Waals surface area contributed by atoms with Crippen LogP contribution in [0.5, 0.6) is 0 Å². The summed E-state index contributed by atoms with van der Waals surface area (Å²) in [7, 11) is 0. The predicted molar refractivity (Wildman–Crippen MR) is 86.9 cm³/mol. The lowest BCUT2D eigenvalue weighted by molar-refractivity contribution is -0.146. The van der Waals surface area contributed by atoms with Crippen LogP contribution in [-0.4, -0.2) is 46.4 Å². The van der Waals surface area contributed by atoms with E-state index in [0.717, 1.165) is 19.3 Å². The van der Waals surface area contributed by atoms with Gasteiger partial charge in [-0.2, -0.15) is 11.8 Å². The molecule has 0 bridgehead atoms. The van der Waals surface area contributed by atoms with Gasteiger partial charge < -0.3 is 14.6 Å². The molecule has 0 amide bonds. The second kappa shape index (κ2) is 6.28. The van der Waals surface area contributed by atoms with Crippen LogP contribution in [0.2, 0.25) is 0 Å². The third-order valence-electron chi connectivity index (χ3n) is 5.73. The molecule has 3 aliphatic rings. The summed E-state index contributed by atoms with van der Waals surface area (Å²) in [6.45, 7) is 6.17. The Bertz CT molecular complexity index is 495. The molecule has 0 spiro atoms. The van der Waals surface area contributed by atoms with Gasteiger partial charge in [-0.05, 0) is 38.0 Å². The molecule has 0 radical (unpaired) electrons. The van der Waals surface area contributed by atoms with Gasteiger partial charge in [-0.15, -0.1) is 0 Å². The van der Waals surface area contributed by atoms with Crippen molar-refractivity contribution in [2.45, 2.75) is 57.0 Å². The van der Waals surface area contributed by atoms with Crippen molar-refractivity contribution >= 4 is 23.7 Å². The van der Waals surface area contributed by atoms with Crippen LogP contribution in [-0.2, 0) is 19.1 Å². The van der Waals surface area contributed by atoms with E-state index < -0.39 is 11.5 Å². The Morgan fingerprint density at radius 2 is 2.26 bits per heavy atom. The second-order valence-corrected chi connectivity index (χ2v) is 8.44. The number of hydrogen-bond acceptors (Lipinski definition) is 6. The van der Waals surface area contributed by atoms with Gasteiger partial charge in [0, 0.05) is 11.0 Å². The third kappa shape index (κ3) is 2.68. The molecule has 2 saturated carbocycles. The first-order valence-electron chi connectivity index (χ1n) is 8.60. The predicted octanol–water partition coefficient (Wildman–Crippen LogP) is 2.01. The topological polar surface area (TPSA) is 72.8 Å². The minimum absolute atomic E-state index is 0.00345. The van der Waals surface area contributed by atoms with Gasteiger partial charge >= 0.3 is 11.9 Å². The smallest absolute Gasteiger partial charge is 0.313 e. The zero-order valence-corrected chi connectivity index (χ0v) is 14.8. The highest BCUT2D eigenvalue weighted by molar-refractivity contribution is 8.00. The molecule has 1 saturated heterocycles. The molecular formula is C17H26O5S. The van der Waals surface area contributed by atoms with Crippen molar-refractivity contribution in [3.63, 3.8) is 0 Å². The first-order valence-corrected chi connectivity index (χ1v) is 9.65. The summed E-state index contributed by atoms with van der Waals surface area (Å²) in [4.78, 5) is 24.1. The Morgan fingerprint density at radius 3 is 2.96 bits per heavy atom. The molecule has 2 aliphatic carbocycles. The van der Waals surface area contributed by atoms with Gasteiger partial charge in [0.05, 0.1) is 12.5 Å². The fraction of sp³-hybridized carbons (Fsp3) is 0.882. The summed E-state index contributed by atoms with van der Waals surface area (Å²) in [5, 5.41) is 11.2. The normalized spacial score (nSPS) is 43.0. The first kappa shape index (κ1) is 17.1. The molecule has 1 N–H and O–H groups in total. The molecule has 6 heteroatoms. The van der Waals surface area contributed by atoms with Gasteiger partial charge in [-0.1, -0.05) is 13.8 Å². The minimum atomic E-state index is -0.992. The quantitative estimate of drug-likeness (QED) is 0.771. The van der Waals surface area contributed by atoms with Crippen LogP contribution in [0.15, 0.2) is 0 Å². The molecule has 3 fully saturated rings. The van der Waals surface area contributed by atoms with Gasteiger partial charge in [-0.3, -0.25) is 9.59 Å². The standard InChI is InChI=1S/C17H26O5S/c1-4-21-15(18)10(3)8-23-14-9(2)7-11-5-6-12-17(11,20)13(14)16(19)22-12/h9-14,20H,4-8H2,1-3H3/t9-,10-,11+,12+,13?,14+,17+/m0/s1. The highest BCUT2D eigenvalue weighted by atomic mass is 32.2. The first-order chi connectivity index (χ1) is 10.9. The monoisotopic (exact) mass is 342 g/mol. The summed E-state index contributed by atoms with van der Waals surface area (Å²) >= 11 is 1.62. The van der Waals surface area contributed by atoms with E-state index in [1.54, 1.807) is 18.7 Å². The highest BCUT2D eigenvalue weighted by Crippen LogP contribution is 2.58. The molecule has 7 atom stereocenters. The number of hydrogen-bond donors (Lipinski definition) is 1. The van der Waals surface area contributed by atoms with Crippen LogP contribution in [0.3, 0.4) is 0 Å². The number of aliphatic hydroxyl groups is 1. The van der Waals surface area contributed by atoms with Crippen LogP contribution in [0.25, 0.3) is 0 Å². The van der Waals surface area contributed by atoms with Gasteiger partial charge in [0.25, 0.3) is 0 Å². The average Bonchev–Trinajstić information content (AvgIpc) is 2.94. The largest absolute Gasteiger partial charge is 0.466 e. The molecule has 1 unspecified atom stereocenters. The maximum absolute atomic E-state index is 12.4. The highest BCUT2D eigenvalue weighted by Gasteiger charge is 2.68. The van der Waals surface area contributed by atoms with E-state index in [-0.39, 0.29) is 35.1 Å². The summed E-state index contributed by atoms with van der Waals surface area (Å²) < 4.78 is 10.5. The van der Waals surface area contributed by atoms with Crippen LogP contribution in [0.4, 0.5) is 0 Å². The van der Waals surface area contributed by atoms with Crippen molar-refractivity contribution in [2.75, 3.05) is 12.4 Å².